The van der Waals surface area contributed by atoms with Crippen LogP contribution in [0.15, 0.2) is 29.1 Å². The van der Waals surface area contributed by atoms with E-state index in [0.717, 1.165) is 5.69 Å². The van der Waals surface area contributed by atoms with E-state index >= 15 is 0 Å². The van der Waals surface area contributed by atoms with Crippen LogP contribution in [0.2, 0.25) is 0 Å². The van der Waals surface area contributed by atoms with Crippen molar-refractivity contribution in [3.8, 4) is 0 Å². The third-order valence-electron chi connectivity index (χ3n) is 2.24. The number of carbonyl (C=O) groups is 1. The smallest absolute Gasteiger partial charge is 0.255 e. The molecular formula is C11H12N4O2. The maximum Gasteiger partial charge on any atom is 0.255 e. The number of rotatable bonds is 3. The van der Waals surface area contributed by atoms with Gasteiger partial charge in [0.1, 0.15) is 12.0 Å². The topological polar surface area (TPSA) is 94.0 Å². The Labute approximate surface area is 97.8 Å². The molecule has 2 aromatic heterocycles. The predicted molar refractivity (Wildman–Crippen MR) is 61.1 cm³/mol. The van der Waals surface area contributed by atoms with E-state index < -0.39 is 0 Å². The summed E-state index contributed by atoms with van der Waals surface area (Å²) in [6.07, 6.45) is 2.91. The second-order valence-electron chi connectivity index (χ2n) is 3.59. The van der Waals surface area contributed by atoms with Crippen molar-refractivity contribution < 1.29 is 9.32 Å². The number of pyridine rings is 1. The average Bonchev–Trinajstić information content (AvgIpc) is 2.78. The number of nitrogens with one attached hydrogen (secondary N) is 1. The molecule has 0 saturated carbocycles. The quantitative estimate of drug-likeness (QED) is 0.819. The minimum absolute atomic E-state index is 0.280. The molecule has 2 aromatic rings. The van der Waals surface area contributed by atoms with E-state index in [0.29, 0.717) is 23.5 Å². The Morgan fingerprint density at radius 2 is 2.41 bits per heavy atom. The second kappa shape index (κ2) is 4.65. The minimum Gasteiger partial charge on any atom is -0.398 e. The zero-order chi connectivity index (χ0) is 12.3. The number of hydrogen-bond donors (Lipinski definition) is 2. The van der Waals surface area contributed by atoms with Crippen LogP contribution >= 0.6 is 0 Å². The molecule has 0 atom stereocenters. The third-order valence-corrected chi connectivity index (χ3v) is 2.24. The summed E-state index contributed by atoms with van der Waals surface area (Å²) in [5, 5.41) is 6.36. The summed E-state index contributed by atoms with van der Waals surface area (Å²) in [6, 6.07) is 3.34. The zero-order valence-corrected chi connectivity index (χ0v) is 9.30. The van der Waals surface area contributed by atoms with Gasteiger partial charge < -0.3 is 15.6 Å². The van der Waals surface area contributed by atoms with Gasteiger partial charge in [-0.15, -0.1) is 0 Å². The molecule has 2 heterocycles. The molecular weight excluding hydrogens is 220 g/mol. The molecule has 0 aliphatic heterocycles. The molecule has 2 rings (SSSR count). The molecule has 0 unspecified atom stereocenters. The summed E-state index contributed by atoms with van der Waals surface area (Å²) in [5.74, 6) is -0.280. The van der Waals surface area contributed by atoms with Gasteiger partial charge in [-0.05, 0) is 13.0 Å². The Balaban J connectivity index is 2.04. The van der Waals surface area contributed by atoms with Crippen molar-refractivity contribution in [3.63, 3.8) is 0 Å². The molecule has 3 N–H and O–H groups in total. The SMILES string of the molecule is Cc1cc(N)c(C(=O)NCc2ccon2)cn1. The van der Waals surface area contributed by atoms with Gasteiger partial charge in [0.15, 0.2) is 0 Å². The lowest BCUT2D eigenvalue weighted by molar-refractivity contribution is 0.0950. The Morgan fingerprint density at radius 3 is 3.06 bits per heavy atom. The lowest BCUT2D eigenvalue weighted by Crippen LogP contribution is -2.24. The van der Waals surface area contributed by atoms with Gasteiger partial charge in [0, 0.05) is 23.6 Å². The van der Waals surface area contributed by atoms with Crippen LogP contribution in [0.3, 0.4) is 0 Å². The summed E-state index contributed by atoms with van der Waals surface area (Å²) >= 11 is 0. The highest BCUT2D eigenvalue weighted by atomic mass is 16.5. The van der Waals surface area contributed by atoms with Crippen LogP contribution < -0.4 is 11.1 Å². The van der Waals surface area contributed by atoms with Crippen LogP contribution in [-0.2, 0) is 6.54 Å². The lowest BCUT2D eigenvalue weighted by atomic mass is 10.2. The number of aromatic nitrogens is 2. The summed E-state index contributed by atoms with van der Waals surface area (Å²) in [4.78, 5) is 15.8. The van der Waals surface area contributed by atoms with E-state index in [1.165, 1.54) is 12.5 Å². The Morgan fingerprint density at radius 1 is 1.59 bits per heavy atom. The Hall–Kier alpha value is -2.37. The highest BCUT2D eigenvalue weighted by Gasteiger charge is 2.10. The molecule has 0 aliphatic carbocycles. The van der Waals surface area contributed by atoms with Crippen molar-refractivity contribution in [2.45, 2.75) is 13.5 Å². The summed E-state index contributed by atoms with van der Waals surface area (Å²) < 4.78 is 4.65. The van der Waals surface area contributed by atoms with Crippen LogP contribution in [0.25, 0.3) is 0 Å². The molecule has 0 fully saturated rings. The van der Waals surface area contributed by atoms with Gasteiger partial charge in [0.2, 0.25) is 0 Å². The number of anilines is 1. The molecule has 0 saturated heterocycles. The van der Waals surface area contributed by atoms with E-state index in [9.17, 15) is 4.79 Å². The largest absolute Gasteiger partial charge is 0.398 e. The molecule has 0 bridgehead atoms. The van der Waals surface area contributed by atoms with E-state index in [4.69, 9.17) is 5.73 Å². The van der Waals surface area contributed by atoms with Crippen LogP contribution in [0.5, 0.6) is 0 Å². The molecule has 0 aliphatic rings. The van der Waals surface area contributed by atoms with Gasteiger partial charge in [0.05, 0.1) is 12.1 Å². The van der Waals surface area contributed by atoms with Gasteiger partial charge in [-0.3, -0.25) is 9.78 Å². The van der Waals surface area contributed by atoms with Gasteiger partial charge in [-0.2, -0.15) is 0 Å². The number of amides is 1. The van der Waals surface area contributed by atoms with Gasteiger partial charge in [-0.25, -0.2) is 0 Å². The van der Waals surface area contributed by atoms with E-state index in [1.54, 1.807) is 12.1 Å². The molecule has 0 radical (unpaired) electrons. The van der Waals surface area contributed by atoms with Crippen LogP contribution in [0.4, 0.5) is 5.69 Å². The molecule has 0 spiro atoms. The predicted octanol–water partition coefficient (Wildman–Crippen LogP) is 0.890. The molecule has 88 valence electrons. The van der Waals surface area contributed by atoms with Crippen molar-refractivity contribution in [1.29, 1.82) is 0 Å². The number of hydrogen-bond acceptors (Lipinski definition) is 5. The van der Waals surface area contributed by atoms with Crippen LogP contribution in [-0.4, -0.2) is 16.0 Å². The first-order valence-electron chi connectivity index (χ1n) is 5.06. The van der Waals surface area contributed by atoms with Crippen molar-refractivity contribution >= 4 is 11.6 Å². The molecule has 6 heteroatoms. The fourth-order valence-corrected chi connectivity index (χ4v) is 1.37. The first-order chi connectivity index (χ1) is 8.16. The third kappa shape index (κ3) is 2.60. The number of nitrogens with zero attached hydrogens (tertiary/aromatic N) is 2. The maximum atomic E-state index is 11.8. The summed E-state index contributed by atoms with van der Waals surface area (Å²) in [6.45, 7) is 2.11. The van der Waals surface area contributed by atoms with Gasteiger partial charge >= 0.3 is 0 Å². The first-order valence-corrected chi connectivity index (χ1v) is 5.06. The minimum atomic E-state index is -0.280. The number of nitrogen functional groups attached to an aromatic ring is 1. The summed E-state index contributed by atoms with van der Waals surface area (Å²) in [5.41, 5.74) is 7.93. The fourth-order valence-electron chi connectivity index (χ4n) is 1.37. The highest BCUT2D eigenvalue weighted by molar-refractivity contribution is 5.98. The van der Waals surface area contributed by atoms with Crippen molar-refractivity contribution in [2.24, 2.45) is 0 Å². The van der Waals surface area contributed by atoms with Crippen LogP contribution in [0.1, 0.15) is 21.7 Å². The standard InChI is InChI=1S/C11H12N4O2/c1-7-4-10(12)9(6-13-7)11(16)14-5-8-2-3-17-15-8/h2-4,6H,5H2,1H3,(H2,12,13)(H,14,16). The van der Waals surface area contributed by atoms with Gasteiger partial charge in [0.25, 0.3) is 5.91 Å². The number of aryl methyl sites for hydroxylation is 1. The second-order valence-corrected chi connectivity index (χ2v) is 3.59. The Bertz CT molecular complexity index is 522. The van der Waals surface area contributed by atoms with Crippen LogP contribution in [0, 0.1) is 6.92 Å². The highest BCUT2D eigenvalue weighted by Crippen LogP contribution is 2.11. The van der Waals surface area contributed by atoms with E-state index in [1.807, 2.05) is 6.92 Å². The van der Waals surface area contributed by atoms with E-state index in [2.05, 4.69) is 20.0 Å². The fraction of sp³-hybridized carbons (Fsp3) is 0.182. The van der Waals surface area contributed by atoms with Crippen molar-refractivity contribution in [3.05, 3.63) is 41.5 Å². The van der Waals surface area contributed by atoms with Crippen molar-refractivity contribution in [2.75, 3.05) is 5.73 Å². The molecule has 6 nitrogen and oxygen atoms in total. The number of nitrogens with two attached hydrogens (primary N) is 1. The summed E-state index contributed by atoms with van der Waals surface area (Å²) in [7, 11) is 0. The average molecular weight is 232 g/mol. The zero-order valence-electron chi connectivity index (χ0n) is 9.30. The lowest BCUT2D eigenvalue weighted by Gasteiger charge is -2.06. The van der Waals surface area contributed by atoms with Gasteiger partial charge in [-0.1, -0.05) is 5.16 Å². The van der Waals surface area contributed by atoms with E-state index in [-0.39, 0.29) is 5.91 Å². The normalized spacial score (nSPS) is 10.2. The number of carbonyl (C=O) groups excluding carboxylic acids is 1. The monoisotopic (exact) mass is 232 g/mol. The Kier molecular flexibility index (Phi) is 3.04. The molecule has 1 amide bonds. The van der Waals surface area contributed by atoms with Crippen molar-refractivity contribution in [1.82, 2.24) is 15.5 Å². The molecule has 17 heavy (non-hydrogen) atoms. The molecule has 0 aromatic carbocycles. The first kappa shape index (κ1) is 11.1. The maximum absolute atomic E-state index is 11.8.